The molecular formula is C18H26Cl4N2O2. The maximum atomic E-state index is 12.6. The summed E-state index contributed by atoms with van der Waals surface area (Å²) in [5, 5.41) is 0.818. The Morgan fingerprint density at radius 1 is 1.15 bits per heavy atom. The molecule has 0 N–H and O–H groups in total. The Balaban J connectivity index is 0.00000169. The summed E-state index contributed by atoms with van der Waals surface area (Å²) in [6.45, 7) is 1.94. The summed E-state index contributed by atoms with van der Waals surface area (Å²) < 4.78 is 5.97. The van der Waals surface area contributed by atoms with Gasteiger partial charge in [-0.15, -0.1) is 24.8 Å². The van der Waals surface area contributed by atoms with Crippen LogP contribution in [0.15, 0.2) is 18.2 Å². The van der Waals surface area contributed by atoms with Crippen molar-refractivity contribution in [2.24, 2.45) is 11.8 Å². The first-order valence-electron chi connectivity index (χ1n) is 8.38. The number of carbonyl (C=O) groups is 1. The number of esters is 1. The molecule has 148 valence electrons. The van der Waals surface area contributed by atoms with Gasteiger partial charge in [0.2, 0.25) is 0 Å². The van der Waals surface area contributed by atoms with Crippen molar-refractivity contribution in [3.8, 4) is 0 Å². The monoisotopic (exact) mass is 442 g/mol. The number of benzene rings is 1. The quantitative estimate of drug-likeness (QED) is 0.653. The molecule has 4 atom stereocenters. The van der Waals surface area contributed by atoms with Gasteiger partial charge in [0, 0.05) is 31.0 Å². The van der Waals surface area contributed by atoms with E-state index in [2.05, 4.69) is 30.9 Å². The van der Waals surface area contributed by atoms with Gasteiger partial charge in [-0.05, 0) is 52.2 Å². The molecule has 2 bridgehead atoms. The molecule has 3 rings (SSSR count). The molecule has 2 aliphatic rings. The second-order valence-corrected chi connectivity index (χ2v) is 8.07. The van der Waals surface area contributed by atoms with Gasteiger partial charge in [0.25, 0.3) is 0 Å². The molecule has 1 saturated heterocycles. The van der Waals surface area contributed by atoms with E-state index in [4.69, 9.17) is 27.9 Å². The summed E-state index contributed by atoms with van der Waals surface area (Å²) in [5.74, 6) is 0.429. The van der Waals surface area contributed by atoms with Crippen LogP contribution < -0.4 is 0 Å². The van der Waals surface area contributed by atoms with Crippen LogP contribution in [0.5, 0.6) is 0 Å². The Kier molecular flexibility index (Phi) is 8.98. The van der Waals surface area contributed by atoms with Crippen molar-refractivity contribution in [1.29, 1.82) is 0 Å². The van der Waals surface area contributed by atoms with Crippen LogP contribution in [0, 0.1) is 11.8 Å². The first-order chi connectivity index (χ1) is 11.4. The van der Waals surface area contributed by atoms with Crippen molar-refractivity contribution in [1.82, 2.24) is 9.80 Å². The van der Waals surface area contributed by atoms with Crippen molar-refractivity contribution < 1.29 is 9.53 Å². The summed E-state index contributed by atoms with van der Waals surface area (Å²) in [5.41, 5.74) is 0.461. The van der Waals surface area contributed by atoms with E-state index in [1.165, 1.54) is 0 Å². The Labute approximate surface area is 178 Å². The molecule has 2 unspecified atom stereocenters. The van der Waals surface area contributed by atoms with Gasteiger partial charge in [-0.25, -0.2) is 4.79 Å². The highest BCUT2D eigenvalue weighted by atomic mass is 35.5. The van der Waals surface area contributed by atoms with Crippen molar-refractivity contribution in [3.05, 3.63) is 33.8 Å². The minimum Gasteiger partial charge on any atom is -0.458 e. The second-order valence-electron chi connectivity index (χ2n) is 7.25. The minimum atomic E-state index is -0.308. The Bertz CT molecular complexity index is 629. The average Bonchev–Trinajstić information content (AvgIpc) is 2.50. The molecule has 26 heavy (non-hydrogen) atoms. The summed E-state index contributed by atoms with van der Waals surface area (Å²) in [4.78, 5) is 17.2. The lowest BCUT2D eigenvalue weighted by atomic mass is 9.72. The smallest absolute Gasteiger partial charge is 0.338 e. The van der Waals surface area contributed by atoms with E-state index in [0.29, 0.717) is 33.5 Å². The first-order valence-corrected chi connectivity index (χ1v) is 9.13. The van der Waals surface area contributed by atoms with Gasteiger partial charge >= 0.3 is 5.97 Å². The highest BCUT2D eigenvalue weighted by Gasteiger charge is 2.46. The topological polar surface area (TPSA) is 32.8 Å². The van der Waals surface area contributed by atoms with Crippen molar-refractivity contribution in [3.63, 3.8) is 0 Å². The fourth-order valence-corrected chi connectivity index (χ4v) is 4.52. The van der Waals surface area contributed by atoms with Gasteiger partial charge in [0.05, 0.1) is 15.6 Å². The van der Waals surface area contributed by atoms with Crippen molar-refractivity contribution in [2.75, 3.05) is 34.2 Å². The van der Waals surface area contributed by atoms with E-state index < -0.39 is 0 Å². The third-order valence-corrected chi connectivity index (χ3v) is 6.08. The van der Waals surface area contributed by atoms with Crippen molar-refractivity contribution in [2.45, 2.75) is 25.0 Å². The predicted octanol–water partition coefficient (Wildman–Crippen LogP) is 4.26. The standard InChI is InChI=1S/C18H24Cl2N2O2.2ClH/c1-21(2)16-7-5-12-9-22(3)10-13(16)17(12)24-18(23)11-4-6-14(19)15(20)8-11;;/h4,6,8,12-13,16-17H,5,7,9-10H2,1-3H3;2*1H/t12?,13?,16-,17-;;/m1../s1. The minimum absolute atomic E-state index is 0. The van der Waals surface area contributed by atoms with E-state index >= 15 is 0 Å². The molecule has 0 aromatic heterocycles. The normalized spacial score (nSPS) is 28.1. The van der Waals surface area contributed by atoms with Gasteiger partial charge in [0.15, 0.2) is 0 Å². The lowest BCUT2D eigenvalue weighted by Crippen LogP contribution is -2.59. The van der Waals surface area contributed by atoms with Gasteiger partial charge in [0.1, 0.15) is 6.10 Å². The molecule has 1 saturated carbocycles. The molecule has 4 nitrogen and oxygen atoms in total. The van der Waals surface area contributed by atoms with E-state index in [9.17, 15) is 4.79 Å². The third-order valence-electron chi connectivity index (χ3n) is 5.34. The number of ether oxygens (including phenoxy) is 1. The highest BCUT2D eigenvalue weighted by Crippen LogP contribution is 2.39. The highest BCUT2D eigenvalue weighted by molar-refractivity contribution is 6.42. The Hall–Kier alpha value is -0.230. The maximum absolute atomic E-state index is 12.6. The number of hydrogen-bond acceptors (Lipinski definition) is 4. The molecule has 1 aromatic carbocycles. The largest absolute Gasteiger partial charge is 0.458 e. The molecule has 1 heterocycles. The summed E-state index contributed by atoms with van der Waals surface area (Å²) in [7, 11) is 6.37. The fraction of sp³-hybridized carbons (Fsp3) is 0.611. The maximum Gasteiger partial charge on any atom is 0.338 e. The van der Waals surface area contributed by atoms with Gasteiger partial charge in [-0.3, -0.25) is 0 Å². The van der Waals surface area contributed by atoms with Crippen LogP contribution in [-0.4, -0.2) is 62.1 Å². The summed E-state index contributed by atoms with van der Waals surface area (Å²) in [6, 6.07) is 5.33. The van der Waals surface area contributed by atoms with Crippen LogP contribution in [0.4, 0.5) is 0 Å². The molecule has 0 spiro atoms. The first kappa shape index (κ1) is 23.8. The number of hydrogen-bond donors (Lipinski definition) is 0. The molecular weight excluding hydrogens is 418 g/mol. The lowest BCUT2D eigenvalue weighted by Gasteiger charge is -2.50. The summed E-state index contributed by atoms with van der Waals surface area (Å²) >= 11 is 12.0. The zero-order chi connectivity index (χ0) is 17.4. The third kappa shape index (κ3) is 4.98. The van der Waals surface area contributed by atoms with Crippen LogP contribution in [0.1, 0.15) is 23.2 Å². The number of likely N-dealkylation sites (tertiary alicyclic amines) is 1. The average molecular weight is 444 g/mol. The molecule has 0 amide bonds. The number of carbonyl (C=O) groups excluding carboxylic acids is 1. The van der Waals surface area contributed by atoms with Gasteiger partial charge < -0.3 is 14.5 Å². The van der Waals surface area contributed by atoms with E-state index in [-0.39, 0.29) is 36.9 Å². The zero-order valence-corrected chi connectivity index (χ0v) is 18.3. The van der Waals surface area contributed by atoms with Crippen LogP contribution in [0.3, 0.4) is 0 Å². The van der Waals surface area contributed by atoms with E-state index in [1.54, 1.807) is 18.2 Å². The van der Waals surface area contributed by atoms with E-state index in [1.807, 2.05) is 0 Å². The van der Waals surface area contributed by atoms with Crippen LogP contribution in [-0.2, 0) is 4.74 Å². The van der Waals surface area contributed by atoms with E-state index in [0.717, 1.165) is 25.9 Å². The number of rotatable bonds is 3. The second kappa shape index (κ2) is 9.81. The molecule has 1 aliphatic heterocycles. The molecule has 1 aliphatic carbocycles. The zero-order valence-electron chi connectivity index (χ0n) is 15.2. The molecule has 1 aromatic rings. The number of fused-ring (bicyclic) bond motifs is 2. The van der Waals surface area contributed by atoms with Crippen LogP contribution in [0.25, 0.3) is 0 Å². The molecule has 2 fully saturated rings. The summed E-state index contributed by atoms with van der Waals surface area (Å²) in [6.07, 6.45) is 2.21. The van der Waals surface area contributed by atoms with Crippen molar-refractivity contribution >= 4 is 54.0 Å². The predicted molar refractivity (Wildman–Crippen MR) is 111 cm³/mol. The Morgan fingerprint density at radius 3 is 2.46 bits per heavy atom. The van der Waals surface area contributed by atoms with Crippen LogP contribution >= 0.6 is 48.0 Å². The SMILES string of the molecule is CN1CC2CC[C@@H](N(C)C)C(C1)[C@@H]2OC(=O)c1ccc(Cl)c(Cl)c1.Cl.Cl. The fourth-order valence-electron chi connectivity index (χ4n) is 4.23. The van der Waals surface area contributed by atoms with Crippen LogP contribution in [0.2, 0.25) is 10.0 Å². The lowest BCUT2D eigenvalue weighted by molar-refractivity contribution is -0.0873. The Morgan fingerprint density at radius 2 is 1.85 bits per heavy atom. The van der Waals surface area contributed by atoms with Gasteiger partial charge in [-0.2, -0.15) is 0 Å². The molecule has 8 heteroatoms. The number of piperidine rings is 1. The number of nitrogens with zero attached hydrogens (tertiary/aromatic N) is 2. The number of halogens is 4. The molecule has 0 radical (unpaired) electrons. The van der Waals surface area contributed by atoms with Gasteiger partial charge in [-0.1, -0.05) is 23.2 Å².